The minimum absolute atomic E-state index is 0.0988. The molecule has 94 valence electrons. The van der Waals surface area contributed by atoms with Crippen LogP contribution in [0.2, 0.25) is 0 Å². The molecule has 0 atom stereocenters. The van der Waals surface area contributed by atoms with Crippen molar-refractivity contribution in [3.05, 3.63) is 45.9 Å². The van der Waals surface area contributed by atoms with Gasteiger partial charge in [-0.25, -0.2) is 8.42 Å². The monoisotopic (exact) mass is 252 g/mol. The highest BCUT2D eigenvalue weighted by Crippen LogP contribution is 2.20. The van der Waals surface area contributed by atoms with Crippen LogP contribution in [0, 0.1) is 6.92 Å². The molecule has 1 aromatic carbocycles. The molecule has 0 spiro atoms. The van der Waals surface area contributed by atoms with Crippen molar-refractivity contribution in [1.82, 2.24) is 0 Å². The van der Waals surface area contributed by atoms with E-state index in [4.69, 9.17) is 0 Å². The van der Waals surface area contributed by atoms with Gasteiger partial charge in [0.05, 0.1) is 5.75 Å². The predicted octanol–water partition coefficient (Wildman–Crippen LogP) is 3.61. The molecule has 0 N–H and O–H groups in total. The zero-order valence-corrected chi connectivity index (χ0v) is 11.8. The number of rotatable bonds is 4. The van der Waals surface area contributed by atoms with Gasteiger partial charge in [-0.2, -0.15) is 0 Å². The lowest BCUT2D eigenvalue weighted by Gasteiger charge is -2.09. The third-order valence-electron chi connectivity index (χ3n) is 2.73. The molecule has 3 heteroatoms. The minimum Gasteiger partial charge on any atom is -0.224 e. The van der Waals surface area contributed by atoms with Gasteiger partial charge >= 0.3 is 0 Å². The zero-order chi connectivity index (χ0) is 13.1. The SMILES string of the molecule is CCC(=C(C)C)S(=O)(=O)Cc1ccc(C)cc1. The lowest BCUT2D eigenvalue weighted by atomic mass is 10.2. The third kappa shape index (κ3) is 3.70. The highest BCUT2D eigenvalue weighted by atomic mass is 32.2. The van der Waals surface area contributed by atoms with Gasteiger partial charge in [-0.3, -0.25) is 0 Å². The van der Waals surface area contributed by atoms with Crippen LogP contribution in [-0.4, -0.2) is 8.42 Å². The van der Waals surface area contributed by atoms with E-state index in [9.17, 15) is 8.42 Å². The molecule has 2 nitrogen and oxygen atoms in total. The van der Waals surface area contributed by atoms with Gasteiger partial charge in [0.1, 0.15) is 0 Å². The van der Waals surface area contributed by atoms with E-state index in [2.05, 4.69) is 0 Å². The van der Waals surface area contributed by atoms with Gasteiger partial charge in [-0.05, 0) is 32.8 Å². The Bertz CT molecular complexity index is 504. The topological polar surface area (TPSA) is 34.1 Å². The molecule has 1 aromatic rings. The first-order valence-corrected chi connectivity index (χ1v) is 7.46. The molecular weight excluding hydrogens is 232 g/mol. The van der Waals surface area contributed by atoms with Crippen LogP contribution in [0.15, 0.2) is 34.7 Å². The predicted molar refractivity (Wildman–Crippen MR) is 72.5 cm³/mol. The lowest BCUT2D eigenvalue weighted by Crippen LogP contribution is -2.08. The maximum absolute atomic E-state index is 12.2. The molecule has 0 fully saturated rings. The van der Waals surface area contributed by atoms with E-state index in [0.29, 0.717) is 11.3 Å². The van der Waals surface area contributed by atoms with E-state index in [-0.39, 0.29) is 5.75 Å². The summed E-state index contributed by atoms with van der Waals surface area (Å²) in [7, 11) is -3.16. The van der Waals surface area contributed by atoms with E-state index in [0.717, 1.165) is 16.7 Å². The molecule has 17 heavy (non-hydrogen) atoms. The van der Waals surface area contributed by atoms with Crippen molar-refractivity contribution in [2.75, 3.05) is 0 Å². The smallest absolute Gasteiger partial charge is 0.178 e. The largest absolute Gasteiger partial charge is 0.224 e. The fourth-order valence-corrected chi connectivity index (χ4v) is 3.74. The Morgan fingerprint density at radius 3 is 2.06 bits per heavy atom. The molecule has 0 heterocycles. The molecule has 0 saturated heterocycles. The van der Waals surface area contributed by atoms with Crippen LogP contribution in [-0.2, 0) is 15.6 Å². The summed E-state index contributed by atoms with van der Waals surface area (Å²) in [5, 5.41) is 0. The number of sulfone groups is 1. The Kier molecular flexibility index (Phi) is 4.52. The fourth-order valence-electron chi connectivity index (χ4n) is 1.88. The molecular formula is C14H20O2S. The van der Waals surface area contributed by atoms with E-state index in [1.165, 1.54) is 0 Å². The van der Waals surface area contributed by atoms with Crippen LogP contribution in [0.1, 0.15) is 38.3 Å². The van der Waals surface area contributed by atoms with E-state index < -0.39 is 9.84 Å². The summed E-state index contributed by atoms with van der Waals surface area (Å²) in [4.78, 5) is 0.568. The molecule has 0 unspecified atom stereocenters. The molecule has 0 aliphatic rings. The average molecular weight is 252 g/mol. The summed E-state index contributed by atoms with van der Waals surface area (Å²) in [6.07, 6.45) is 0.566. The van der Waals surface area contributed by atoms with Gasteiger partial charge in [0.25, 0.3) is 0 Å². The van der Waals surface area contributed by atoms with Crippen molar-refractivity contribution in [1.29, 1.82) is 0 Å². The highest BCUT2D eigenvalue weighted by molar-refractivity contribution is 7.94. The summed E-state index contributed by atoms with van der Waals surface area (Å²) >= 11 is 0. The Hall–Kier alpha value is -1.09. The highest BCUT2D eigenvalue weighted by Gasteiger charge is 2.17. The Morgan fingerprint density at radius 2 is 1.65 bits per heavy atom. The second kappa shape index (κ2) is 5.50. The summed E-state index contributed by atoms with van der Waals surface area (Å²) in [5.41, 5.74) is 2.88. The minimum atomic E-state index is -3.16. The van der Waals surface area contributed by atoms with Crippen LogP contribution >= 0.6 is 0 Å². The maximum atomic E-state index is 12.2. The van der Waals surface area contributed by atoms with E-state index in [1.54, 1.807) is 0 Å². The summed E-state index contributed by atoms with van der Waals surface area (Å²) in [5.74, 6) is 0.0988. The molecule has 0 aliphatic carbocycles. The van der Waals surface area contributed by atoms with Gasteiger partial charge in [0.2, 0.25) is 0 Å². The Balaban J connectivity index is 3.02. The standard InChI is InChI=1S/C14H20O2S/c1-5-14(11(2)3)17(15,16)10-13-8-6-12(4)7-9-13/h6-9H,5,10H2,1-4H3. The number of aryl methyl sites for hydroxylation is 1. The Labute approximate surface area is 104 Å². The van der Waals surface area contributed by atoms with Crippen LogP contribution < -0.4 is 0 Å². The first-order valence-electron chi connectivity index (χ1n) is 5.81. The van der Waals surface area contributed by atoms with Crippen LogP contribution in [0.4, 0.5) is 0 Å². The van der Waals surface area contributed by atoms with Crippen molar-refractivity contribution in [2.24, 2.45) is 0 Å². The van der Waals surface area contributed by atoms with Crippen molar-refractivity contribution in [2.45, 2.75) is 39.9 Å². The quantitative estimate of drug-likeness (QED) is 0.820. The van der Waals surface area contributed by atoms with Gasteiger partial charge in [-0.15, -0.1) is 0 Å². The Morgan fingerprint density at radius 1 is 1.12 bits per heavy atom. The maximum Gasteiger partial charge on any atom is 0.178 e. The van der Waals surface area contributed by atoms with Crippen molar-refractivity contribution >= 4 is 9.84 Å². The van der Waals surface area contributed by atoms with E-state index >= 15 is 0 Å². The first-order chi connectivity index (χ1) is 7.86. The molecule has 1 rings (SSSR count). The van der Waals surface area contributed by atoms with Gasteiger partial charge in [0, 0.05) is 4.91 Å². The number of hydrogen-bond acceptors (Lipinski definition) is 2. The second-order valence-corrected chi connectivity index (χ2v) is 6.53. The second-order valence-electron chi connectivity index (χ2n) is 4.52. The van der Waals surface area contributed by atoms with Crippen LogP contribution in [0.25, 0.3) is 0 Å². The van der Waals surface area contributed by atoms with Crippen molar-refractivity contribution in [3.63, 3.8) is 0 Å². The summed E-state index contributed by atoms with van der Waals surface area (Å²) in [6, 6.07) is 7.65. The van der Waals surface area contributed by atoms with Crippen LogP contribution in [0.5, 0.6) is 0 Å². The van der Waals surface area contributed by atoms with Crippen molar-refractivity contribution < 1.29 is 8.42 Å². The lowest BCUT2D eigenvalue weighted by molar-refractivity contribution is 0.599. The van der Waals surface area contributed by atoms with Gasteiger partial charge in [0.15, 0.2) is 9.84 Å². The van der Waals surface area contributed by atoms with Gasteiger partial charge in [-0.1, -0.05) is 42.3 Å². The average Bonchev–Trinajstić information content (AvgIpc) is 2.21. The van der Waals surface area contributed by atoms with E-state index in [1.807, 2.05) is 52.0 Å². The van der Waals surface area contributed by atoms with Crippen molar-refractivity contribution in [3.8, 4) is 0 Å². The number of benzene rings is 1. The molecule has 0 bridgehead atoms. The normalized spacial score (nSPS) is 11.3. The fraction of sp³-hybridized carbons (Fsp3) is 0.429. The van der Waals surface area contributed by atoms with Crippen LogP contribution in [0.3, 0.4) is 0 Å². The summed E-state index contributed by atoms with van der Waals surface area (Å²) < 4.78 is 24.4. The first kappa shape index (κ1) is 14.0. The molecule has 0 aliphatic heterocycles. The number of allylic oxidation sites excluding steroid dienone is 2. The van der Waals surface area contributed by atoms with Gasteiger partial charge < -0.3 is 0 Å². The third-order valence-corrected chi connectivity index (χ3v) is 4.89. The summed E-state index contributed by atoms with van der Waals surface area (Å²) in [6.45, 7) is 7.58. The number of hydrogen-bond donors (Lipinski definition) is 0. The zero-order valence-electron chi connectivity index (χ0n) is 10.9. The molecule has 0 radical (unpaired) electrons. The molecule has 0 saturated carbocycles. The molecule has 0 aromatic heterocycles. The molecule has 0 amide bonds.